The number of rotatable bonds is 5. The molecule has 0 bridgehead atoms. The SMILES string of the molecule is COc1cc([C@@H](CC(F)F)N2CCNCC2)ccc1Cl.Cl. The number of ether oxygens (including phenoxy) is 1. The summed E-state index contributed by atoms with van der Waals surface area (Å²) >= 11 is 6.00. The number of alkyl halides is 2. The lowest BCUT2D eigenvalue weighted by Gasteiger charge is -2.35. The third kappa shape index (κ3) is 4.95. The van der Waals surface area contributed by atoms with Gasteiger partial charge in [-0.25, -0.2) is 8.78 Å². The van der Waals surface area contributed by atoms with Gasteiger partial charge in [0.05, 0.1) is 12.1 Å². The molecule has 1 N–H and O–H groups in total. The number of hydrogen-bond acceptors (Lipinski definition) is 3. The van der Waals surface area contributed by atoms with Crippen LogP contribution in [-0.2, 0) is 0 Å². The monoisotopic (exact) mass is 340 g/mol. The van der Waals surface area contributed by atoms with Gasteiger partial charge in [0.15, 0.2) is 0 Å². The molecule has 0 aromatic heterocycles. The van der Waals surface area contributed by atoms with E-state index in [1.54, 1.807) is 18.2 Å². The zero-order chi connectivity index (χ0) is 14.5. The molecule has 0 amide bonds. The Bertz CT molecular complexity index is 443. The van der Waals surface area contributed by atoms with Crippen molar-refractivity contribution in [3.8, 4) is 5.75 Å². The van der Waals surface area contributed by atoms with E-state index < -0.39 is 6.43 Å². The Morgan fingerprint density at radius 1 is 1.33 bits per heavy atom. The van der Waals surface area contributed by atoms with Gasteiger partial charge in [-0.2, -0.15) is 0 Å². The van der Waals surface area contributed by atoms with Crippen LogP contribution in [0.1, 0.15) is 18.0 Å². The molecule has 1 aliphatic heterocycles. The highest BCUT2D eigenvalue weighted by molar-refractivity contribution is 6.32. The van der Waals surface area contributed by atoms with Gasteiger partial charge in [0.1, 0.15) is 5.75 Å². The molecule has 1 saturated heterocycles. The van der Waals surface area contributed by atoms with Crippen LogP contribution in [-0.4, -0.2) is 44.6 Å². The van der Waals surface area contributed by atoms with Gasteiger partial charge in [-0.1, -0.05) is 17.7 Å². The third-order valence-electron chi connectivity index (χ3n) is 3.55. The molecule has 2 rings (SSSR count). The smallest absolute Gasteiger partial charge is 0.240 e. The first-order valence-electron chi connectivity index (χ1n) is 6.68. The summed E-state index contributed by atoms with van der Waals surface area (Å²) in [5.74, 6) is 0.526. The highest BCUT2D eigenvalue weighted by Gasteiger charge is 2.26. The highest BCUT2D eigenvalue weighted by atomic mass is 35.5. The number of nitrogens with zero attached hydrogens (tertiary/aromatic N) is 1. The highest BCUT2D eigenvalue weighted by Crippen LogP contribution is 2.33. The number of hydrogen-bond donors (Lipinski definition) is 1. The third-order valence-corrected chi connectivity index (χ3v) is 3.87. The first-order chi connectivity index (χ1) is 9.61. The number of halogens is 4. The zero-order valence-corrected chi connectivity index (χ0v) is 13.4. The Balaban J connectivity index is 0.00000220. The van der Waals surface area contributed by atoms with E-state index in [-0.39, 0.29) is 24.9 Å². The molecule has 0 aliphatic carbocycles. The van der Waals surface area contributed by atoms with Crippen molar-refractivity contribution in [2.45, 2.75) is 18.9 Å². The number of piperazine rings is 1. The van der Waals surface area contributed by atoms with Gasteiger partial charge < -0.3 is 10.1 Å². The van der Waals surface area contributed by atoms with Crippen molar-refractivity contribution in [1.29, 1.82) is 0 Å². The summed E-state index contributed by atoms with van der Waals surface area (Å²) in [4.78, 5) is 2.09. The second kappa shape index (κ2) is 8.73. The molecule has 0 spiro atoms. The van der Waals surface area contributed by atoms with E-state index in [0.29, 0.717) is 10.8 Å². The van der Waals surface area contributed by atoms with Crippen LogP contribution in [0.5, 0.6) is 5.75 Å². The van der Waals surface area contributed by atoms with Gasteiger partial charge in [-0.15, -0.1) is 12.4 Å². The van der Waals surface area contributed by atoms with E-state index in [1.165, 1.54) is 7.11 Å². The second-order valence-electron chi connectivity index (χ2n) is 4.82. The Morgan fingerprint density at radius 2 is 2.00 bits per heavy atom. The molecule has 3 nitrogen and oxygen atoms in total. The van der Waals surface area contributed by atoms with E-state index in [1.807, 2.05) is 0 Å². The van der Waals surface area contributed by atoms with Crippen LogP contribution in [0.4, 0.5) is 8.78 Å². The summed E-state index contributed by atoms with van der Waals surface area (Å²) in [6, 6.07) is 4.97. The summed E-state index contributed by atoms with van der Waals surface area (Å²) in [6.07, 6.45) is -2.51. The molecule has 120 valence electrons. The van der Waals surface area contributed by atoms with Gasteiger partial charge in [0, 0.05) is 38.6 Å². The van der Waals surface area contributed by atoms with Crippen molar-refractivity contribution in [3.05, 3.63) is 28.8 Å². The summed E-state index contributed by atoms with van der Waals surface area (Å²) in [5, 5.41) is 3.72. The summed E-state index contributed by atoms with van der Waals surface area (Å²) in [5.41, 5.74) is 0.827. The molecule has 7 heteroatoms. The van der Waals surface area contributed by atoms with Crippen LogP contribution >= 0.6 is 24.0 Å². The molecule has 0 saturated carbocycles. The predicted octanol–water partition coefficient (Wildman–Crippen LogP) is 3.37. The van der Waals surface area contributed by atoms with Crippen LogP contribution in [0.25, 0.3) is 0 Å². The van der Waals surface area contributed by atoms with E-state index in [0.717, 1.165) is 31.7 Å². The maximum Gasteiger partial charge on any atom is 0.240 e. The van der Waals surface area contributed by atoms with Crippen LogP contribution in [0.2, 0.25) is 5.02 Å². The second-order valence-corrected chi connectivity index (χ2v) is 5.23. The molecular formula is C14H20Cl2F2N2O. The number of benzene rings is 1. The molecule has 1 fully saturated rings. The van der Waals surface area contributed by atoms with Crippen LogP contribution < -0.4 is 10.1 Å². The zero-order valence-electron chi connectivity index (χ0n) is 11.8. The molecule has 1 aliphatic rings. The van der Waals surface area contributed by atoms with Crippen molar-refractivity contribution in [2.75, 3.05) is 33.3 Å². The normalized spacial score (nSPS) is 17.4. The fourth-order valence-corrected chi connectivity index (χ4v) is 2.74. The lowest BCUT2D eigenvalue weighted by Crippen LogP contribution is -2.45. The number of methoxy groups -OCH3 is 1. The first kappa shape index (κ1) is 18.4. The molecule has 21 heavy (non-hydrogen) atoms. The fourth-order valence-electron chi connectivity index (χ4n) is 2.54. The molecule has 0 unspecified atom stereocenters. The largest absolute Gasteiger partial charge is 0.495 e. The molecule has 1 aromatic carbocycles. The van der Waals surface area contributed by atoms with E-state index in [9.17, 15) is 8.78 Å². The van der Waals surface area contributed by atoms with E-state index in [2.05, 4.69) is 10.2 Å². The van der Waals surface area contributed by atoms with Gasteiger partial charge in [-0.3, -0.25) is 4.90 Å². The average molecular weight is 341 g/mol. The van der Waals surface area contributed by atoms with Crippen molar-refractivity contribution >= 4 is 24.0 Å². The van der Waals surface area contributed by atoms with Crippen molar-refractivity contribution < 1.29 is 13.5 Å². The molecular weight excluding hydrogens is 321 g/mol. The molecule has 1 aromatic rings. The Labute approximate surface area is 135 Å². The van der Waals surface area contributed by atoms with Gasteiger partial charge in [0.2, 0.25) is 6.43 Å². The van der Waals surface area contributed by atoms with Crippen molar-refractivity contribution in [1.82, 2.24) is 10.2 Å². The first-order valence-corrected chi connectivity index (χ1v) is 7.06. The van der Waals surface area contributed by atoms with Gasteiger partial charge in [-0.05, 0) is 17.7 Å². The minimum absolute atomic E-state index is 0. The molecule has 1 atom stereocenters. The average Bonchev–Trinajstić information content (AvgIpc) is 2.46. The summed E-state index contributed by atoms with van der Waals surface area (Å²) in [6.45, 7) is 3.18. The minimum Gasteiger partial charge on any atom is -0.495 e. The Morgan fingerprint density at radius 3 is 2.57 bits per heavy atom. The van der Waals surface area contributed by atoms with Crippen LogP contribution in [0.15, 0.2) is 18.2 Å². The maximum atomic E-state index is 12.9. The standard InChI is InChI=1S/C14H19ClF2N2O.ClH/c1-20-13-8-10(2-3-11(13)15)12(9-14(16)17)19-6-4-18-5-7-19;/h2-3,8,12,14,18H,4-7,9H2,1H3;1H/t12-;/m1./s1. The number of nitrogens with one attached hydrogen (secondary N) is 1. The van der Waals surface area contributed by atoms with Gasteiger partial charge >= 0.3 is 0 Å². The van der Waals surface area contributed by atoms with Crippen LogP contribution in [0.3, 0.4) is 0 Å². The van der Waals surface area contributed by atoms with E-state index >= 15 is 0 Å². The summed E-state index contributed by atoms with van der Waals surface area (Å²) < 4.78 is 31.0. The van der Waals surface area contributed by atoms with Crippen LogP contribution in [0, 0.1) is 0 Å². The fraction of sp³-hybridized carbons (Fsp3) is 0.571. The minimum atomic E-state index is -2.34. The summed E-state index contributed by atoms with van der Waals surface area (Å²) in [7, 11) is 1.53. The lowest BCUT2D eigenvalue weighted by atomic mass is 10.0. The topological polar surface area (TPSA) is 24.5 Å². The van der Waals surface area contributed by atoms with Gasteiger partial charge in [0.25, 0.3) is 0 Å². The molecule has 0 radical (unpaired) electrons. The van der Waals surface area contributed by atoms with Crippen molar-refractivity contribution in [2.24, 2.45) is 0 Å². The Kier molecular flexibility index (Phi) is 7.66. The quantitative estimate of drug-likeness (QED) is 0.889. The lowest BCUT2D eigenvalue weighted by molar-refractivity contribution is 0.0738. The maximum absolute atomic E-state index is 12.9. The predicted molar refractivity (Wildman–Crippen MR) is 83.1 cm³/mol. The van der Waals surface area contributed by atoms with E-state index in [4.69, 9.17) is 16.3 Å². The molecule has 1 heterocycles. The van der Waals surface area contributed by atoms with Crippen molar-refractivity contribution in [3.63, 3.8) is 0 Å². The Hall–Kier alpha value is -0.620.